The lowest BCUT2D eigenvalue weighted by atomic mass is 10.3. The fourth-order valence-corrected chi connectivity index (χ4v) is 2.78. The molecule has 0 saturated carbocycles. The van der Waals surface area contributed by atoms with Crippen molar-refractivity contribution in [2.45, 2.75) is 18.2 Å². The average Bonchev–Trinajstić information content (AvgIpc) is 2.65. The quantitative estimate of drug-likeness (QED) is 0.742. The minimum atomic E-state index is 0.381. The lowest BCUT2D eigenvalue weighted by molar-refractivity contribution is -0.0158. The van der Waals surface area contributed by atoms with Gasteiger partial charge in [0.2, 0.25) is 0 Å². The first kappa shape index (κ1) is 12.0. The van der Waals surface area contributed by atoms with Gasteiger partial charge < -0.3 is 9.30 Å². The molecule has 1 aliphatic heterocycles. The van der Waals surface area contributed by atoms with Crippen LogP contribution < -0.4 is 0 Å². The van der Waals surface area contributed by atoms with E-state index in [0.717, 1.165) is 37.2 Å². The standard InChI is InChI=1S/C11H19N3OS/c1-10-9-14(5-7-15-10)6-8-16-11-12-3-4-13(11)2/h3-4,10H,5-9H2,1-2H3/t10-/m0/s1. The fourth-order valence-electron chi connectivity index (χ4n) is 1.85. The molecule has 0 spiro atoms. The van der Waals surface area contributed by atoms with Gasteiger partial charge in [0.15, 0.2) is 5.16 Å². The van der Waals surface area contributed by atoms with Crippen LogP contribution in [0.5, 0.6) is 0 Å². The normalized spacial score (nSPS) is 22.5. The van der Waals surface area contributed by atoms with Crippen LogP contribution >= 0.6 is 11.8 Å². The number of nitrogens with zero attached hydrogens (tertiary/aromatic N) is 3. The maximum atomic E-state index is 5.51. The van der Waals surface area contributed by atoms with Crippen LogP contribution in [0, 0.1) is 0 Å². The third-order valence-corrected chi connectivity index (χ3v) is 3.78. The number of rotatable bonds is 4. The molecule has 0 amide bonds. The van der Waals surface area contributed by atoms with E-state index in [1.807, 2.05) is 31.2 Å². The summed E-state index contributed by atoms with van der Waals surface area (Å²) in [5.41, 5.74) is 0. The largest absolute Gasteiger partial charge is 0.376 e. The van der Waals surface area contributed by atoms with Gasteiger partial charge in [-0.15, -0.1) is 0 Å². The van der Waals surface area contributed by atoms with E-state index < -0.39 is 0 Å². The van der Waals surface area contributed by atoms with Gasteiger partial charge in [-0.1, -0.05) is 11.8 Å². The van der Waals surface area contributed by atoms with Crippen LogP contribution in [-0.4, -0.2) is 52.5 Å². The number of imidazole rings is 1. The highest BCUT2D eigenvalue weighted by atomic mass is 32.2. The zero-order valence-electron chi connectivity index (χ0n) is 9.93. The highest BCUT2D eigenvalue weighted by Gasteiger charge is 2.16. The van der Waals surface area contributed by atoms with E-state index in [9.17, 15) is 0 Å². The molecule has 1 aliphatic rings. The van der Waals surface area contributed by atoms with E-state index in [0.29, 0.717) is 6.10 Å². The number of morpholine rings is 1. The van der Waals surface area contributed by atoms with Crippen LogP contribution in [0.1, 0.15) is 6.92 Å². The molecule has 0 aliphatic carbocycles. The lowest BCUT2D eigenvalue weighted by Gasteiger charge is -2.30. The Balaban J connectivity index is 1.70. The number of ether oxygens (including phenoxy) is 1. The van der Waals surface area contributed by atoms with Crippen LogP contribution in [-0.2, 0) is 11.8 Å². The van der Waals surface area contributed by atoms with Gasteiger partial charge >= 0.3 is 0 Å². The van der Waals surface area contributed by atoms with Gasteiger partial charge in [-0.2, -0.15) is 0 Å². The van der Waals surface area contributed by atoms with Crippen molar-refractivity contribution >= 4 is 11.8 Å². The topological polar surface area (TPSA) is 30.3 Å². The summed E-state index contributed by atoms with van der Waals surface area (Å²) in [5, 5.41) is 1.10. The molecular formula is C11H19N3OS. The van der Waals surface area contributed by atoms with E-state index >= 15 is 0 Å². The van der Waals surface area contributed by atoms with Crippen molar-refractivity contribution in [1.82, 2.24) is 14.5 Å². The summed E-state index contributed by atoms with van der Waals surface area (Å²) in [6.45, 7) is 6.24. The van der Waals surface area contributed by atoms with Crippen molar-refractivity contribution in [3.8, 4) is 0 Å². The Morgan fingerprint density at radius 2 is 2.50 bits per heavy atom. The molecule has 90 valence electrons. The molecule has 5 heteroatoms. The lowest BCUT2D eigenvalue weighted by Crippen LogP contribution is -2.42. The van der Waals surface area contributed by atoms with E-state index in [2.05, 4.69) is 21.4 Å². The first-order valence-electron chi connectivity index (χ1n) is 5.70. The molecule has 2 rings (SSSR count). The molecule has 0 bridgehead atoms. The Morgan fingerprint density at radius 3 is 3.19 bits per heavy atom. The van der Waals surface area contributed by atoms with E-state index in [1.165, 1.54) is 0 Å². The molecule has 0 aromatic carbocycles. The van der Waals surface area contributed by atoms with E-state index in [-0.39, 0.29) is 0 Å². The Kier molecular flexibility index (Phi) is 4.26. The summed E-state index contributed by atoms with van der Waals surface area (Å²) in [6, 6.07) is 0. The molecule has 4 nitrogen and oxygen atoms in total. The summed E-state index contributed by atoms with van der Waals surface area (Å²) in [5.74, 6) is 1.09. The first-order chi connectivity index (χ1) is 7.75. The summed E-state index contributed by atoms with van der Waals surface area (Å²) in [6.07, 6.45) is 4.21. The van der Waals surface area contributed by atoms with Crippen LogP contribution in [0.3, 0.4) is 0 Å². The minimum Gasteiger partial charge on any atom is -0.376 e. The second kappa shape index (κ2) is 5.70. The Bertz CT molecular complexity index is 329. The van der Waals surface area contributed by atoms with Crippen molar-refractivity contribution in [3.63, 3.8) is 0 Å². The van der Waals surface area contributed by atoms with Crippen molar-refractivity contribution in [3.05, 3.63) is 12.4 Å². The summed E-state index contributed by atoms with van der Waals surface area (Å²) < 4.78 is 7.58. The average molecular weight is 241 g/mol. The van der Waals surface area contributed by atoms with Crippen molar-refractivity contribution < 1.29 is 4.74 Å². The van der Waals surface area contributed by atoms with Gasteiger partial charge in [0.05, 0.1) is 12.7 Å². The second-order valence-corrected chi connectivity index (χ2v) is 5.21. The van der Waals surface area contributed by atoms with Crippen LogP contribution in [0.2, 0.25) is 0 Å². The van der Waals surface area contributed by atoms with Gasteiger partial charge in [-0.3, -0.25) is 4.90 Å². The Hall–Kier alpha value is -0.520. The second-order valence-electron chi connectivity index (χ2n) is 4.15. The van der Waals surface area contributed by atoms with Gasteiger partial charge in [-0.05, 0) is 6.92 Å². The van der Waals surface area contributed by atoms with Crippen LogP contribution in [0.4, 0.5) is 0 Å². The molecule has 0 N–H and O–H groups in total. The highest BCUT2D eigenvalue weighted by molar-refractivity contribution is 7.99. The molecule has 1 fully saturated rings. The first-order valence-corrected chi connectivity index (χ1v) is 6.68. The smallest absolute Gasteiger partial charge is 0.167 e. The maximum absolute atomic E-state index is 5.51. The summed E-state index contributed by atoms with van der Waals surface area (Å²) >= 11 is 1.82. The molecule has 1 aromatic heterocycles. The summed E-state index contributed by atoms with van der Waals surface area (Å²) in [4.78, 5) is 6.76. The van der Waals surface area contributed by atoms with Crippen molar-refractivity contribution in [2.75, 3.05) is 32.0 Å². The number of hydrogen-bond donors (Lipinski definition) is 0. The minimum absolute atomic E-state index is 0.381. The zero-order valence-corrected chi connectivity index (χ0v) is 10.7. The zero-order chi connectivity index (χ0) is 11.4. The predicted molar refractivity (Wildman–Crippen MR) is 65.8 cm³/mol. The molecule has 0 unspecified atom stereocenters. The molecule has 1 saturated heterocycles. The van der Waals surface area contributed by atoms with E-state index in [4.69, 9.17) is 4.74 Å². The maximum Gasteiger partial charge on any atom is 0.167 e. The SMILES string of the molecule is C[C@H]1CN(CCSc2nccn2C)CCO1. The molecule has 16 heavy (non-hydrogen) atoms. The van der Waals surface area contributed by atoms with Gasteiger partial charge in [0, 0.05) is 44.8 Å². The number of aryl methyl sites for hydroxylation is 1. The Labute approximate surface area is 101 Å². The monoisotopic (exact) mass is 241 g/mol. The number of thioether (sulfide) groups is 1. The van der Waals surface area contributed by atoms with Gasteiger partial charge in [-0.25, -0.2) is 4.98 Å². The van der Waals surface area contributed by atoms with Crippen molar-refractivity contribution in [1.29, 1.82) is 0 Å². The fraction of sp³-hybridized carbons (Fsp3) is 0.727. The number of aromatic nitrogens is 2. The molecule has 0 radical (unpaired) electrons. The molecule has 1 aromatic rings. The molecule has 2 heterocycles. The molecular weight excluding hydrogens is 222 g/mol. The van der Waals surface area contributed by atoms with Gasteiger partial charge in [0.1, 0.15) is 0 Å². The van der Waals surface area contributed by atoms with Crippen LogP contribution in [0.15, 0.2) is 17.6 Å². The predicted octanol–water partition coefficient (Wildman–Crippen LogP) is 1.23. The Morgan fingerprint density at radius 1 is 1.62 bits per heavy atom. The van der Waals surface area contributed by atoms with Crippen LogP contribution in [0.25, 0.3) is 0 Å². The van der Waals surface area contributed by atoms with E-state index in [1.54, 1.807) is 0 Å². The van der Waals surface area contributed by atoms with Crippen molar-refractivity contribution in [2.24, 2.45) is 7.05 Å². The molecule has 1 atom stereocenters. The number of hydrogen-bond acceptors (Lipinski definition) is 4. The third-order valence-electron chi connectivity index (χ3n) is 2.74. The van der Waals surface area contributed by atoms with Gasteiger partial charge in [0.25, 0.3) is 0 Å². The summed E-state index contributed by atoms with van der Waals surface area (Å²) in [7, 11) is 2.03. The third kappa shape index (κ3) is 3.23. The highest BCUT2D eigenvalue weighted by Crippen LogP contribution is 2.15.